The van der Waals surface area contributed by atoms with Crippen molar-refractivity contribution >= 4 is 0 Å². The largest absolute Gasteiger partial charge is 0.0843 e. The number of hydrogen-bond acceptors (Lipinski definition) is 0. The Balaban J connectivity index is 3.52. The van der Waals surface area contributed by atoms with E-state index in [1.165, 1.54) is 37.7 Å². The van der Waals surface area contributed by atoms with Crippen molar-refractivity contribution < 1.29 is 0 Å². The van der Waals surface area contributed by atoms with Gasteiger partial charge in [0.25, 0.3) is 0 Å². The fraction of sp³-hybridized carbons (Fsp3) is 0.667. The SMILES string of the molecule is CCCC=C(C)C=CCCCC. The van der Waals surface area contributed by atoms with Gasteiger partial charge < -0.3 is 0 Å². The van der Waals surface area contributed by atoms with Gasteiger partial charge in [-0.05, 0) is 19.8 Å². The standard InChI is InChI=1S/C12H22/c1-4-6-8-9-11-12(3)10-7-5-2/h9-11H,4-8H2,1-3H3. The Hall–Kier alpha value is -0.520. The van der Waals surface area contributed by atoms with Gasteiger partial charge in [-0.3, -0.25) is 0 Å². The summed E-state index contributed by atoms with van der Waals surface area (Å²) < 4.78 is 0. The normalized spacial score (nSPS) is 12.8. The van der Waals surface area contributed by atoms with E-state index in [1.807, 2.05) is 0 Å². The Kier molecular flexibility index (Phi) is 8.20. The summed E-state index contributed by atoms with van der Waals surface area (Å²) in [5, 5.41) is 0. The van der Waals surface area contributed by atoms with Gasteiger partial charge in [-0.1, -0.05) is 56.9 Å². The molecule has 0 unspecified atom stereocenters. The van der Waals surface area contributed by atoms with Crippen molar-refractivity contribution in [2.24, 2.45) is 0 Å². The fourth-order valence-corrected chi connectivity index (χ4v) is 1.03. The maximum atomic E-state index is 2.31. The molecule has 0 aromatic carbocycles. The molecule has 0 rings (SSSR count). The zero-order valence-electron chi connectivity index (χ0n) is 8.77. The molecule has 0 saturated carbocycles. The second-order valence-electron chi connectivity index (χ2n) is 3.28. The van der Waals surface area contributed by atoms with Crippen LogP contribution in [0.25, 0.3) is 0 Å². The van der Waals surface area contributed by atoms with E-state index in [-0.39, 0.29) is 0 Å². The predicted octanol–water partition coefficient (Wildman–Crippen LogP) is 4.48. The molecule has 0 fully saturated rings. The first-order chi connectivity index (χ1) is 5.81. The molecule has 0 N–H and O–H groups in total. The van der Waals surface area contributed by atoms with E-state index < -0.39 is 0 Å². The second kappa shape index (κ2) is 8.58. The highest BCUT2D eigenvalue weighted by molar-refractivity contribution is 5.15. The molecule has 0 aliphatic carbocycles. The van der Waals surface area contributed by atoms with E-state index in [9.17, 15) is 0 Å². The Morgan fingerprint density at radius 3 is 2.42 bits per heavy atom. The van der Waals surface area contributed by atoms with Gasteiger partial charge in [0.2, 0.25) is 0 Å². The van der Waals surface area contributed by atoms with E-state index >= 15 is 0 Å². The van der Waals surface area contributed by atoms with E-state index in [1.54, 1.807) is 0 Å². The van der Waals surface area contributed by atoms with Crippen molar-refractivity contribution in [2.75, 3.05) is 0 Å². The van der Waals surface area contributed by atoms with Crippen LogP contribution < -0.4 is 0 Å². The van der Waals surface area contributed by atoms with Gasteiger partial charge in [-0.2, -0.15) is 0 Å². The van der Waals surface area contributed by atoms with Crippen molar-refractivity contribution in [3.63, 3.8) is 0 Å². The summed E-state index contributed by atoms with van der Waals surface area (Å²) in [4.78, 5) is 0. The molecular weight excluding hydrogens is 144 g/mol. The smallest absolute Gasteiger partial charge is 0.0348 e. The second-order valence-corrected chi connectivity index (χ2v) is 3.28. The first kappa shape index (κ1) is 11.5. The zero-order chi connectivity index (χ0) is 9.23. The lowest BCUT2D eigenvalue weighted by Gasteiger charge is -1.92. The van der Waals surface area contributed by atoms with Crippen molar-refractivity contribution in [2.45, 2.75) is 52.9 Å². The molecule has 0 aliphatic rings. The molecular formula is C12H22. The molecule has 0 spiro atoms. The summed E-state index contributed by atoms with van der Waals surface area (Å²) in [5.41, 5.74) is 1.41. The molecule has 0 aromatic heterocycles. The van der Waals surface area contributed by atoms with Crippen molar-refractivity contribution in [1.82, 2.24) is 0 Å². The Bertz CT molecular complexity index is 140. The van der Waals surface area contributed by atoms with Crippen LogP contribution in [0.2, 0.25) is 0 Å². The van der Waals surface area contributed by atoms with Crippen molar-refractivity contribution in [1.29, 1.82) is 0 Å². The number of rotatable bonds is 6. The van der Waals surface area contributed by atoms with Crippen LogP contribution in [0.5, 0.6) is 0 Å². The van der Waals surface area contributed by atoms with E-state index in [0.29, 0.717) is 0 Å². The third-order valence-electron chi connectivity index (χ3n) is 1.86. The summed E-state index contributed by atoms with van der Waals surface area (Å²) in [6, 6.07) is 0. The molecule has 0 amide bonds. The molecule has 0 heteroatoms. The Morgan fingerprint density at radius 2 is 1.83 bits per heavy atom. The first-order valence-corrected chi connectivity index (χ1v) is 5.14. The van der Waals surface area contributed by atoms with Gasteiger partial charge in [0.05, 0.1) is 0 Å². The molecule has 0 aromatic rings. The predicted molar refractivity (Wildman–Crippen MR) is 57.3 cm³/mol. The summed E-state index contributed by atoms with van der Waals surface area (Å²) in [5.74, 6) is 0. The van der Waals surface area contributed by atoms with Crippen molar-refractivity contribution in [3.05, 3.63) is 23.8 Å². The Morgan fingerprint density at radius 1 is 1.08 bits per heavy atom. The summed E-state index contributed by atoms with van der Waals surface area (Å²) in [7, 11) is 0. The van der Waals surface area contributed by atoms with Gasteiger partial charge in [0.1, 0.15) is 0 Å². The van der Waals surface area contributed by atoms with Gasteiger partial charge in [-0.15, -0.1) is 0 Å². The highest BCUT2D eigenvalue weighted by atomic mass is 13.9. The molecule has 70 valence electrons. The fourth-order valence-electron chi connectivity index (χ4n) is 1.03. The minimum absolute atomic E-state index is 1.21. The van der Waals surface area contributed by atoms with Crippen LogP contribution >= 0.6 is 0 Å². The van der Waals surface area contributed by atoms with Crippen LogP contribution in [-0.2, 0) is 0 Å². The molecule has 0 aliphatic heterocycles. The number of allylic oxidation sites excluding steroid dienone is 4. The van der Waals surface area contributed by atoms with Gasteiger partial charge in [-0.25, -0.2) is 0 Å². The lowest BCUT2D eigenvalue weighted by atomic mass is 10.2. The van der Waals surface area contributed by atoms with E-state index in [2.05, 4.69) is 39.0 Å². The average Bonchev–Trinajstić information content (AvgIpc) is 2.09. The Labute approximate surface area is 77.4 Å². The van der Waals surface area contributed by atoms with Crippen molar-refractivity contribution in [3.8, 4) is 0 Å². The number of hydrogen-bond donors (Lipinski definition) is 0. The van der Waals surface area contributed by atoms with Crippen LogP contribution in [0, 0.1) is 0 Å². The highest BCUT2D eigenvalue weighted by Gasteiger charge is 1.81. The maximum absolute atomic E-state index is 2.31. The minimum Gasteiger partial charge on any atom is -0.0843 e. The first-order valence-electron chi connectivity index (χ1n) is 5.14. The van der Waals surface area contributed by atoms with Crippen LogP contribution in [-0.4, -0.2) is 0 Å². The van der Waals surface area contributed by atoms with Crippen LogP contribution in [0.1, 0.15) is 52.9 Å². The minimum atomic E-state index is 1.21. The summed E-state index contributed by atoms with van der Waals surface area (Å²) in [6.45, 7) is 6.62. The third-order valence-corrected chi connectivity index (χ3v) is 1.86. The molecule has 0 saturated heterocycles. The molecule has 0 bridgehead atoms. The van der Waals surface area contributed by atoms with Crippen LogP contribution in [0.3, 0.4) is 0 Å². The molecule has 0 radical (unpaired) electrons. The lowest BCUT2D eigenvalue weighted by Crippen LogP contribution is -1.71. The molecule has 12 heavy (non-hydrogen) atoms. The lowest BCUT2D eigenvalue weighted by molar-refractivity contribution is 0.814. The molecule has 0 heterocycles. The van der Waals surface area contributed by atoms with Gasteiger partial charge in [0, 0.05) is 0 Å². The molecule has 0 atom stereocenters. The monoisotopic (exact) mass is 166 g/mol. The third kappa shape index (κ3) is 7.59. The van der Waals surface area contributed by atoms with Crippen LogP contribution in [0.15, 0.2) is 23.8 Å². The summed E-state index contributed by atoms with van der Waals surface area (Å²) in [6.07, 6.45) is 13.1. The number of unbranched alkanes of at least 4 members (excludes halogenated alkanes) is 3. The van der Waals surface area contributed by atoms with Gasteiger partial charge >= 0.3 is 0 Å². The highest BCUT2D eigenvalue weighted by Crippen LogP contribution is 2.02. The van der Waals surface area contributed by atoms with E-state index in [4.69, 9.17) is 0 Å². The zero-order valence-corrected chi connectivity index (χ0v) is 8.77. The molecule has 0 nitrogen and oxygen atoms in total. The van der Waals surface area contributed by atoms with Crippen LogP contribution in [0.4, 0.5) is 0 Å². The van der Waals surface area contributed by atoms with E-state index in [0.717, 1.165) is 0 Å². The summed E-state index contributed by atoms with van der Waals surface area (Å²) >= 11 is 0. The maximum Gasteiger partial charge on any atom is -0.0348 e. The average molecular weight is 166 g/mol. The van der Waals surface area contributed by atoms with Gasteiger partial charge in [0.15, 0.2) is 0 Å². The topological polar surface area (TPSA) is 0 Å². The quantitative estimate of drug-likeness (QED) is 0.403.